The lowest BCUT2D eigenvalue weighted by Gasteiger charge is -2.38. The molecular formula is C82H113ClN26O13S. The maximum atomic E-state index is 13.7. The van der Waals surface area contributed by atoms with Gasteiger partial charge in [0.25, 0.3) is 29.5 Å². The first-order chi connectivity index (χ1) is 59.4. The molecule has 0 aliphatic carbocycles. The maximum absolute atomic E-state index is 13.7. The quantitative estimate of drug-likeness (QED) is 0.0248. The summed E-state index contributed by atoms with van der Waals surface area (Å²) < 4.78 is 33.0. The Kier molecular flexibility index (Phi) is 33.0. The number of aromatic nitrogens is 11. The van der Waals surface area contributed by atoms with Crippen molar-refractivity contribution >= 4 is 105 Å². The zero-order chi connectivity index (χ0) is 87.1. The van der Waals surface area contributed by atoms with Crippen molar-refractivity contribution in [2.24, 2.45) is 40.2 Å². The van der Waals surface area contributed by atoms with Crippen molar-refractivity contribution in [2.75, 3.05) is 198 Å². The standard InChI is InChI=1S/C82H113ClN26O13S/c1-54-55(2)123-82-71(54)72(57-9-11-58(83)12-10-57)92-62(73-98-97-56(3)109(73)82)49-70(113)89-59-16-23-104(24-17-59)36-41-120-43-45-122-46-44-121-42-38-108-34-30-106(31-35-108)27-26-105-28-32-107(33-29-105)37-40-119-39-22-84-67(110)13-18-88-79(116)75-95-65(52-102(75)7)93-68(111)14-19-87-78(115)64-48-61(51-101(64)6)91-81(118)76-96-66(53-103(76)8)94-69(112)15-20-86-77(114)63-47-60(50-100(63)5)90-80(117)74-85-21-25-99(74)4/h9-12,21,25,47-48,50-53,59,62H,13-20,22-24,26-46,49H2,1-8H3,(H,84,110)(H,86,114)(H,87,115)(H,88,116)(H,89,113)(H,90,117)(H,91,118)(H,93,111)(H,94,112)/t62-/m0/s1. The Morgan fingerprint density at radius 2 is 0.951 bits per heavy atom. The summed E-state index contributed by atoms with van der Waals surface area (Å²) in [6, 6.07) is 10.2. The minimum atomic E-state index is -0.632. The summed E-state index contributed by atoms with van der Waals surface area (Å²) in [6.07, 6.45) is 10.8. The second-order valence-corrected chi connectivity index (χ2v) is 32.6. The Labute approximate surface area is 722 Å². The van der Waals surface area contributed by atoms with Gasteiger partial charge < -0.3 is 94.5 Å². The van der Waals surface area contributed by atoms with E-state index in [-0.39, 0.29) is 109 Å². The number of aliphatic imine (C=N–C) groups is 1. The molecule has 41 heteroatoms. The Morgan fingerprint density at radius 3 is 1.47 bits per heavy atom. The van der Waals surface area contributed by atoms with Crippen LogP contribution in [-0.2, 0) is 73.4 Å². The fourth-order valence-electron chi connectivity index (χ4n) is 14.9. The third-order valence-corrected chi connectivity index (χ3v) is 23.4. The number of amides is 9. The predicted molar refractivity (Wildman–Crippen MR) is 462 cm³/mol. The van der Waals surface area contributed by atoms with Gasteiger partial charge in [-0.15, -0.1) is 21.5 Å². The third-order valence-electron chi connectivity index (χ3n) is 21.9. The highest BCUT2D eigenvalue weighted by molar-refractivity contribution is 7.15. The number of carbonyl (C=O) groups is 9. The van der Waals surface area contributed by atoms with Gasteiger partial charge in [0.1, 0.15) is 28.3 Å². The number of aryl methyl sites for hydroxylation is 7. The Bertz CT molecular complexity index is 5000. The molecule has 1 aromatic carbocycles. The van der Waals surface area contributed by atoms with Crippen molar-refractivity contribution in [3.8, 4) is 5.00 Å². The minimum absolute atomic E-state index is 0.0140. The number of imidazole rings is 3. The van der Waals surface area contributed by atoms with Gasteiger partial charge in [-0.05, 0) is 63.4 Å². The predicted octanol–water partition coefficient (Wildman–Crippen LogP) is 2.91. The minimum Gasteiger partial charge on any atom is -0.378 e. The largest absolute Gasteiger partial charge is 0.378 e. The van der Waals surface area contributed by atoms with E-state index in [2.05, 4.69) is 116 Å². The second-order valence-electron chi connectivity index (χ2n) is 30.9. The molecule has 123 heavy (non-hydrogen) atoms. The number of piperidine rings is 1. The molecule has 12 rings (SSSR count). The van der Waals surface area contributed by atoms with Gasteiger partial charge in [-0.3, -0.25) is 72.3 Å². The molecule has 8 aromatic rings. The number of nitrogens with one attached hydrogen (secondary N) is 9. The number of nitrogens with zero attached hydrogens (tertiary/aromatic N) is 17. The van der Waals surface area contributed by atoms with Crippen molar-refractivity contribution in [2.45, 2.75) is 71.4 Å². The van der Waals surface area contributed by atoms with Crippen LogP contribution in [0, 0.1) is 20.8 Å². The highest BCUT2D eigenvalue weighted by Crippen LogP contribution is 2.40. The van der Waals surface area contributed by atoms with Gasteiger partial charge in [0.15, 0.2) is 23.3 Å². The number of hydrogen-bond acceptors (Lipinski definition) is 25. The zero-order valence-electron chi connectivity index (χ0n) is 71.1. The van der Waals surface area contributed by atoms with Crippen molar-refractivity contribution < 1.29 is 62.1 Å². The fourth-order valence-corrected chi connectivity index (χ4v) is 16.3. The first-order valence-corrected chi connectivity index (χ1v) is 42.8. The molecule has 1 atom stereocenters. The van der Waals surface area contributed by atoms with Crippen molar-refractivity contribution in [3.63, 3.8) is 0 Å². The first-order valence-electron chi connectivity index (χ1n) is 41.7. The molecule has 3 fully saturated rings. The number of benzene rings is 1. The highest BCUT2D eigenvalue weighted by atomic mass is 35.5. The van der Waals surface area contributed by atoms with Crippen LogP contribution < -0.4 is 47.9 Å². The average Bonchev–Trinajstić information content (AvgIpc) is 1.59. The highest BCUT2D eigenvalue weighted by Gasteiger charge is 2.34. The molecule has 3 saturated heterocycles. The molecule has 662 valence electrons. The second kappa shape index (κ2) is 44.4. The summed E-state index contributed by atoms with van der Waals surface area (Å²) in [5, 5.41) is 35.6. The van der Waals surface area contributed by atoms with Gasteiger partial charge in [0.05, 0.1) is 76.4 Å². The van der Waals surface area contributed by atoms with Gasteiger partial charge in [-0.25, -0.2) is 15.0 Å². The average molecular weight is 1740 g/mol. The summed E-state index contributed by atoms with van der Waals surface area (Å²) in [5.74, 6) is -2.05. The molecule has 4 aliphatic heterocycles. The molecule has 0 radical (unpaired) electrons. The Morgan fingerprint density at radius 1 is 0.480 bits per heavy atom. The number of carbonyl (C=O) groups excluding carboxylic acids is 9. The summed E-state index contributed by atoms with van der Waals surface area (Å²) in [4.78, 5) is 148. The number of halogens is 1. The van der Waals surface area contributed by atoms with Crippen LogP contribution in [0.4, 0.5) is 23.0 Å². The van der Waals surface area contributed by atoms with Crippen LogP contribution in [0.2, 0.25) is 5.02 Å². The molecule has 7 aromatic heterocycles. The molecule has 39 nitrogen and oxygen atoms in total. The van der Waals surface area contributed by atoms with E-state index in [0.29, 0.717) is 75.9 Å². The molecule has 9 N–H and O–H groups in total. The van der Waals surface area contributed by atoms with Crippen molar-refractivity contribution in [1.29, 1.82) is 0 Å². The van der Waals surface area contributed by atoms with Gasteiger partial charge in [-0.1, -0.05) is 23.7 Å². The van der Waals surface area contributed by atoms with E-state index in [1.807, 2.05) is 31.2 Å². The van der Waals surface area contributed by atoms with E-state index in [1.54, 1.807) is 63.5 Å². The topological polar surface area (TPSA) is 421 Å². The summed E-state index contributed by atoms with van der Waals surface area (Å²) in [7, 11) is 8.10. The Hall–Kier alpha value is -10.9. The number of fused-ring (bicyclic) bond motifs is 3. The molecule has 4 aliphatic rings. The van der Waals surface area contributed by atoms with E-state index in [1.165, 1.54) is 60.1 Å². The monoisotopic (exact) mass is 1740 g/mol. The van der Waals surface area contributed by atoms with Gasteiger partial charge in [-0.2, -0.15) is 0 Å². The van der Waals surface area contributed by atoms with Crippen LogP contribution in [0.5, 0.6) is 0 Å². The van der Waals surface area contributed by atoms with Crippen LogP contribution in [0.1, 0.15) is 131 Å². The van der Waals surface area contributed by atoms with E-state index < -0.39 is 47.4 Å². The third kappa shape index (κ3) is 25.9. The normalized spacial score (nSPS) is 15.5. The van der Waals surface area contributed by atoms with Crippen molar-refractivity contribution in [3.05, 3.63) is 141 Å². The van der Waals surface area contributed by atoms with Gasteiger partial charge in [0, 0.05) is 243 Å². The van der Waals surface area contributed by atoms with Gasteiger partial charge in [0.2, 0.25) is 35.3 Å². The zero-order valence-corrected chi connectivity index (χ0v) is 72.7. The molecule has 0 bridgehead atoms. The van der Waals surface area contributed by atoms with Crippen LogP contribution in [-0.4, -0.2) is 319 Å². The number of rotatable bonds is 43. The number of anilines is 4. The first kappa shape index (κ1) is 91.3. The van der Waals surface area contributed by atoms with Gasteiger partial charge >= 0.3 is 0 Å². The number of thiophene rings is 1. The van der Waals surface area contributed by atoms with E-state index in [4.69, 9.17) is 35.5 Å². The molecule has 0 unspecified atom stereocenters. The summed E-state index contributed by atoms with van der Waals surface area (Å²) in [5.41, 5.74) is 5.05. The van der Waals surface area contributed by atoms with Crippen LogP contribution in [0.3, 0.4) is 0 Å². The molecule has 9 amide bonds. The lowest BCUT2D eigenvalue weighted by molar-refractivity contribution is -0.123. The summed E-state index contributed by atoms with van der Waals surface area (Å²) >= 11 is 7.99. The molecule has 0 spiro atoms. The number of ether oxygens (including phenoxy) is 4. The molecular weight excluding hydrogens is 1620 g/mol. The maximum Gasteiger partial charge on any atom is 0.291 e. The summed E-state index contributed by atoms with van der Waals surface area (Å²) in [6.45, 7) is 25.4. The molecule has 0 saturated carbocycles. The lowest BCUT2D eigenvalue weighted by Crippen LogP contribution is -2.52. The number of hydrogen-bond donors (Lipinski definition) is 9. The van der Waals surface area contributed by atoms with E-state index >= 15 is 0 Å². The van der Waals surface area contributed by atoms with Crippen molar-refractivity contribution in [1.82, 2.24) is 104 Å². The molecule has 11 heterocycles. The SMILES string of the molecule is Cc1sc2c(c1C)C(c1ccc(Cl)cc1)=N[C@@H](CC(=O)NC1CCN(CCOCCOCCOCCN3CCN(CCN4CCN(CCOCCNC(=O)CCNC(=O)c5nc(NC(=O)CCNC(=O)c6cc(NC(=O)c7nc(NC(=O)CCNC(=O)c8cc(NC(=O)c9nccn9C)cn8C)cn7C)cn6C)cn5C)CC4)CC3)CC1)c1nnc(C)n1-2. The smallest absolute Gasteiger partial charge is 0.291 e. The lowest BCUT2D eigenvalue weighted by atomic mass is 9.99. The number of likely N-dealkylation sites (tertiary alicyclic amines) is 1. The fraction of sp³-hybridized carbons (Fsp3) is 0.524. The van der Waals surface area contributed by atoms with Crippen LogP contribution in [0.25, 0.3) is 5.00 Å². The van der Waals surface area contributed by atoms with E-state index in [0.717, 1.165) is 144 Å². The van der Waals surface area contributed by atoms with Crippen LogP contribution in [0.15, 0.2) is 78.6 Å². The van der Waals surface area contributed by atoms with Crippen LogP contribution >= 0.6 is 22.9 Å². The Balaban J connectivity index is 0.423. The number of piperazine rings is 2. The van der Waals surface area contributed by atoms with E-state index in [9.17, 15) is 43.2 Å².